The number of nitrogens with one attached hydrogen (secondary N) is 1. The lowest BCUT2D eigenvalue weighted by Crippen LogP contribution is -2.21. The average molecular weight is 529 g/mol. The van der Waals surface area contributed by atoms with Gasteiger partial charge in [-0.2, -0.15) is 0 Å². The molecule has 0 saturated heterocycles. The highest BCUT2D eigenvalue weighted by Gasteiger charge is 2.12. The lowest BCUT2D eigenvalue weighted by atomic mass is 10.2. The number of benzene rings is 2. The van der Waals surface area contributed by atoms with Crippen LogP contribution in [0.3, 0.4) is 0 Å². The Kier molecular flexibility index (Phi) is 14.8. The molecule has 2 aromatic carbocycles. The summed E-state index contributed by atoms with van der Waals surface area (Å²) in [7, 11) is 4.18. The molecule has 0 aliphatic rings. The van der Waals surface area contributed by atoms with E-state index in [1.54, 1.807) is 0 Å². The number of hydrogen-bond donors (Lipinski definition) is 1. The first-order chi connectivity index (χ1) is 13.0. The molecular formula is C21H30BrCl3N2O2. The lowest BCUT2D eigenvalue weighted by Gasteiger charge is -2.16. The summed E-state index contributed by atoms with van der Waals surface area (Å²) in [5, 5.41) is 4.20. The molecule has 0 radical (unpaired) electrons. The van der Waals surface area contributed by atoms with Gasteiger partial charge in [-0.25, -0.2) is 0 Å². The summed E-state index contributed by atoms with van der Waals surface area (Å²) in [5.74, 6) is 1.48. The largest absolute Gasteiger partial charge is 0.490 e. The quantitative estimate of drug-likeness (QED) is 0.365. The van der Waals surface area contributed by atoms with Crippen LogP contribution in [-0.2, 0) is 13.2 Å². The smallest absolute Gasteiger partial charge is 0.175 e. The Morgan fingerprint density at radius 1 is 1.03 bits per heavy atom. The van der Waals surface area contributed by atoms with Crippen LogP contribution in [0.1, 0.15) is 24.5 Å². The highest BCUT2D eigenvalue weighted by atomic mass is 79.9. The van der Waals surface area contributed by atoms with Gasteiger partial charge in [-0.3, -0.25) is 0 Å². The molecule has 164 valence electrons. The van der Waals surface area contributed by atoms with Gasteiger partial charge in [-0.05, 0) is 91.9 Å². The van der Waals surface area contributed by atoms with Crippen LogP contribution in [0.25, 0.3) is 0 Å². The molecule has 0 aromatic heterocycles. The van der Waals surface area contributed by atoms with Gasteiger partial charge in [0.25, 0.3) is 0 Å². The zero-order valence-electron chi connectivity index (χ0n) is 17.0. The van der Waals surface area contributed by atoms with E-state index in [4.69, 9.17) is 21.1 Å². The van der Waals surface area contributed by atoms with Crippen LogP contribution in [0.5, 0.6) is 11.5 Å². The minimum absolute atomic E-state index is 0. The van der Waals surface area contributed by atoms with Crippen LogP contribution in [0.4, 0.5) is 0 Å². The maximum Gasteiger partial charge on any atom is 0.175 e. The number of nitrogens with zero attached hydrogens (tertiary/aromatic N) is 1. The predicted octanol–water partition coefficient (Wildman–Crippen LogP) is 5.97. The van der Waals surface area contributed by atoms with Crippen LogP contribution in [0, 0.1) is 0 Å². The van der Waals surface area contributed by atoms with E-state index >= 15 is 0 Å². The topological polar surface area (TPSA) is 33.7 Å². The van der Waals surface area contributed by atoms with Gasteiger partial charge in [0.05, 0.1) is 11.1 Å². The van der Waals surface area contributed by atoms with E-state index in [1.807, 2.05) is 37.3 Å². The van der Waals surface area contributed by atoms with E-state index in [9.17, 15) is 0 Å². The summed E-state index contributed by atoms with van der Waals surface area (Å²) in [6.45, 7) is 5.88. The Morgan fingerprint density at radius 3 is 2.34 bits per heavy atom. The summed E-state index contributed by atoms with van der Waals surface area (Å²) in [6.07, 6.45) is 1.12. The maximum atomic E-state index is 6.03. The molecule has 29 heavy (non-hydrogen) atoms. The molecule has 0 unspecified atom stereocenters. The Balaban J connectivity index is 0.00000392. The van der Waals surface area contributed by atoms with Gasteiger partial charge in [-0.15, -0.1) is 24.8 Å². The van der Waals surface area contributed by atoms with Gasteiger partial charge in [0, 0.05) is 11.6 Å². The van der Waals surface area contributed by atoms with Crippen LogP contribution in [-0.4, -0.2) is 38.7 Å². The number of rotatable bonds is 11. The second-order valence-electron chi connectivity index (χ2n) is 6.59. The normalized spacial score (nSPS) is 10.3. The molecule has 2 aromatic rings. The van der Waals surface area contributed by atoms with E-state index in [0.717, 1.165) is 58.2 Å². The van der Waals surface area contributed by atoms with Gasteiger partial charge >= 0.3 is 0 Å². The van der Waals surface area contributed by atoms with Gasteiger partial charge < -0.3 is 19.7 Å². The molecule has 0 saturated carbocycles. The van der Waals surface area contributed by atoms with E-state index < -0.39 is 0 Å². The predicted molar refractivity (Wildman–Crippen MR) is 130 cm³/mol. The highest BCUT2D eigenvalue weighted by molar-refractivity contribution is 9.10. The van der Waals surface area contributed by atoms with Crippen molar-refractivity contribution in [3.8, 4) is 11.5 Å². The van der Waals surface area contributed by atoms with Crippen LogP contribution < -0.4 is 14.8 Å². The number of ether oxygens (including phenoxy) is 2. The van der Waals surface area contributed by atoms with Gasteiger partial charge in [0.2, 0.25) is 0 Å². The highest BCUT2D eigenvalue weighted by Crippen LogP contribution is 2.37. The van der Waals surface area contributed by atoms with E-state index in [-0.39, 0.29) is 24.8 Å². The fourth-order valence-electron chi connectivity index (χ4n) is 2.62. The van der Waals surface area contributed by atoms with Crippen LogP contribution in [0.2, 0.25) is 5.02 Å². The SMILES string of the molecule is CCOc1cc(CNCCCN(C)C)cc(Br)c1OCc1ccc(Cl)cc1.Cl.Cl. The van der Waals surface area contributed by atoms with Crippen molar-refractivity contribution in [1.29, 1.82) is 0 Å². The molecule has 0 aliphatic heterocycles. The molecule has 1 N–H and O–H groups in total. The minimum Gasteiger partial charge on any atom is -0.490 e. The molecule has 0 bridgehead atoms. The Hall–Kier alpha value is -0.690. The number of hydrogen-bond acceptors (Lipinski definition) is 4. The second-order valence-corrected chi connectivity index (χ2v) is 7.88. The first kappa shape index (κ1) is 28.3. The summed E-state index contributed by atoms with van der Waals surface area (Å²) < 4.78 is 12.7. The van der Waals surface area contributed by atoms with E-state index in [2.05, 4.69) is 46.3 Å². The third-order valence-electron chi connectivity index (χ3n) is 3.95. The van der Waals surface area contributed by atoms with Crippen molar-refractivity contribution in [2.45, 2.75) is 26.5 Å². The van der Waals surface area contributed by atoms with Gasteiger partial charge in [0.1, 0.15) is 6.61 Å². The van der Waals surface area contributed by atoms with Crippen molar-refractivity contribution in [2.24, 2.45) is 0 Å². The summed E-state index contributed by atoms with van der Waals surface area (Å²) >= 11 is 9.57. The molecule has 2 rings (SSSR count). The molecular weight excluding hydrogens is 499 g/mol. The van der Waals surface area contributed by atoms with E-state index in [1.165, 1.54) is 0 Å². The van der Waals surface area contributed by atoms with Crippen molar-refractivity contribution in [2.75, 3.05) is 33.8 Å². The molecule has 4 nitrogen and oxygen atoms in total. The summed E-state index contributed by atoms with van der Waals surface area (Å²) in [5.41, 5.74) is 2.22. The Labute approximate surface area is 200 Å². The van der Waals surface area contributed by atoms with Crippen molar-refractivity contribution >= 4 is 52.3 Å². The Bertz CT molecular complexity index is 716. The molecule has 0 aliphatic carbocycles. The standard InChI is InChI=1S/C21H28BrClN2O2.2ClH/c1-4-26-20-13-17(14-24-10-5-11-25(2)3)12-19(22)21(20)27-15-16-6-8-18(23)9-7-16;;/h6-9,12-13,24H,4-5,10-11,14-15H2,1-3H3;2*1H. The third-order valence-corrected chi connectivity index (χ3v) is 4.79. The fourth-order valence-corrected chi connectivity index (χ4v) is 3.35. The minimum atomic E-state index is 0. The molecule has 0 atom stereocenters. The van der Waals surface area contributed by atoms with Crippen molar-refractivity contribution in [3.63, 3.8) is 0 Å². The second kappa shape index (κ2) is 15.2. The fraction of sp³-hybridized carbons (Fsp3) is 0.429. The van der Waals surface area contributed by atoms with Crippen molar-refractivity contribution in [3.05, 3.63) is 57.0 Å². The first-order valence-electron chi connectivity index (χ1n) is 9.17. The summed E-state index contributed by atoms with van der Waals surface area (Å²) in [6, 6.07) is 11.8. The molecule has 0 heterocycles. The van der Waals surface area contributed by atoms with Crippen LogP contribution >= 0.6 is 52.3 Å². The molecule has 0 spiro atoms. The van der Waals surface area contributed by atoms with Crippen molar-refractivity contribution in [1.82, 2.24) is 10.2 Å². The third kappa shape index (κ3) is 10.3. The van der Waals surface area contributed by atoms with Gasteiger partial charge in [0.15, 0.2) is 11.5 Å². The lowest BCUT2D eigenvalue weighted by molar-refractivity contribution is 0.267. The van der Waals surface area contributed by atoms with Crippen molar-refractivity contribution < 1.29 is 9.47 Å². The Morgan fingerprint density at radius 2 is 1.72 bits per heavy atom. The van der Waals surface area contributed by atoms with Gasteiger partial charge in [-0.1, -0.05) is 23.7 Å². The zero-order valence-corrected chi connectivity index (χ0v) is 21.0. The first-order valence-corrected chi connectivity index (χ1v) is 10.3. The van der Waals surface area contributed by atoms with E-state index in [0.29, 0.717) is 13.2 Å². The maximum absolute atomic E-state index is 6.03. The average Bonchev–Trinajstić information content (AvgIpc) is 2.62. The summed E-state index contributed by atoms with van der Waals surface area (Å²) in [4.78, 5) is 2.19. The van der Waals surface area contributed by atoms with Crippen LogP contribution in [0.15, 0.2) is 40.9 Å². The molecule has 8 heteroatoms. The number of halogens is 4. The monoisotopic (exact) mass is 526 g/mol. The molecule has 0 amide bonds. The zero-order chi connectivity index (χ0) is 19.6. The molecule has 0 fully saturated rings.